The number of phosphoric ester groups is 2. The average molecular weight is 1380 g/mol. The van der Waals surface area contributed by atoms with Crippen LogP contribution < -0.4 is 0 Å². The zero-order chi connectivity index (χ0) is 69.6. The number of aliphatic hydroxyl groups excluding tert-OH is 1. The molecule has 0 fully saturated rings. The molecule has 0 aliphatic carbocycles. The Hall–Kier alpha value is -1.94. The van der Waals surface area contributed by atoms with Gasteiger partial charge in [0, 0.05) is 25.7 Å². The van der Waals surface area contributed by atoms with Crippen molar-refractivity contribution in [2.24, 2.45) is 23.7 Å². The van der Waals surface area contributed by atoms with Crippen LogP contribution in [0, 0.1) is 23.7 Å². The molecule has 19 heteroatoms. The summed E-state index contributed by atoms with van der Waals surface area (Å²) in [5.41, 5.74) is 0. The molecule has 0 aliphatic heterocycles. The number of phosphoric acid groups is 2. The van der Waals surface area contributed by atoms with Crippen LogP contribution in [0.3, 0.4) is 0 Å². The van der Waals surface area contributed by atoms with Gasteiger partial charge in [-0.15, -0.1) is 0 Å². The first kappa shape index (κ1) is 92.1. The monoisotopic (exact) mass is 1380 g/mol. The first-order valence-electron chi connectivity index (χ1n) is 38.8. The van der Waals surface area contributed by atoms with Gasteiger partial charge >= 0.3 is 39.5 Å². The summed E-state index contributed by atoms with van der Waals surface area (Å²) < 4.78 is 68.4. The molecule has 0 saturated heterocycles. The number of hydrogen-bond donors (Lipinski definition) is 3. The second kappa shape index (κ2) is 64.4. The van der Waals surface area contributed by atoms with Gasteiger partial charge in [-0.25, -0.2) is 9.13 Å². The number of ether oxygens (including phenoxy) is 4. The summed E-state index contributed by atoms with van der Waals surface area (Å²) in [6, 6.07) is 0. The van der Waals surface area contributed by atoms with Crippen molar-refractivity contribution in [2.45, 2.75) is 395 Å². The summed E-state index contributed by atoms with van der Waals surface area (Å²) in [5.74, 6) is 0.949. The molecule has 0 spiro atoms. The average Bonchev–Trinajstić information content (AvgIpc) is 1.30. The third kappa shape index (κ3) is 64.7. The van der Waals surface area contributed by atoms with Crippen LogP contribution in [0.2, 0.25) is 0 Å². The summed E-state index contributed by atoms with van der Waals surface area (Å²) in [7, 11) is -9.91. The van der Waals surface area contributed by atoms with Crippen LogP contribution in [0.25, 0.3) is 0 Å². The Kier molecular flexibility index (Phi) is 63.1. The third-order valence-corrected chi connectivity index (χ3v) is 20.3. The molecule has 0 radical (unpaired) electrons. The smallest absolute Gasteiger partial charge is 0.462 e. The van der Waals surface area contributed by atoms with E-state index >= 15 is 0 Å². The maximum atomic E-state index is 13.1. The van der Waals surface area contributed by atoms with Crippen molar-refractivity contribution in [3.8, 4) is 0 Å². The van der Waals surface area contributed by atoms with Crippen molar-refractivity contribution < 1.29 is 80.2 Å². The molecule has 558 valence electrons. The Bertz CT molecular complexity index is 1860. The van der Waals surface area contributed by atoms with Gasteiger partial charge in [0.05, 0.1) is 26.4 Å². The molecule has 94 heavy (non-hydrogen) atoms. The highest BCUT2D eigenvalue weighted by molar-refractivity contribution is 7.47. The molecule has 0 aromatic heterocycles. The summed E-state index contributed by atoms with van der Waals surface area (Å²) in [6.45, 7) is 14.2. The van der Waals surface area contributed by atoms with E-state index in [9.17, 15) is 43.2 Å². The van der Waals surface area contributed by atoms with Crippen molar-refractivity contribution in [3.63, 3.8) is 0 Å². The minimum Gasteiger partial charge on any atom is -0.462 e. The second-order valence-electron chi connectivity index (χ2n) is 28.2. The summed E-state index contributed by atoms with van der Waals surface area (Å²) in [5, 5.41) is 10.6. The lowest BCUT2D eigenvalue weighted by molar-refractivity contribution is -0.161. The van der Waals surface area contributed by atoms with E-state index in [0.717, 1.165) is 120 Å². The number of carbonyl (C=O) groups is 4. The molecule has 3 N–H and O–H groups in total. The van der Waals surface area contributed by atoms with Crippen LogP contribution in [0.15, 0.2) is 0 Å². The first-order valence-corrected chi connectivity index (χ1v) is 41.8. The molecule has 0 aromatic rings. The van der Waals surface area contributed by atoms with Crippen LogP contribution in [-0.2, 0) is 65.4 Å². The zero-order valence-electron chi connectivity index (χ0n) is 61.6. The van der Waals surface area contributed by atoms with E-state index in [4.69, 9.17) is 37.0 Å². The lowest BCUT2D eigenvalue weighted by atomic mass is 9.99. The lowest BCUT2D eigenvalue weighted by Crippen LogP contribution is -2.30. The maximum absolute atomic E-state index is 13.1. The van der Waals surface area contributed by atoms with Gasteiger partial charge in [-0.05, 0) is 49.4 Å². The van der Waals surface area contributed by atoms with E-state index in [1.807, 2.05) is 0 Å². The number of aliphatic hydroxyl groups is 1. The van der Waals surface area contributed by atoms with E-state index in [2.05, 4.69) is 55.4 Å². The molecule has 0 heterocycles. The van der Waals surface area contributed by atoms with Gasteiger partial charge in [0.15, 0.2) is 12.2 Å². The number of rotatable bonds is 72. The summed E-state index contributed by atoms with van der Waals surface area (Å²) in [6.07, 6.45) is 48.8. The highest BCUT2D eigenvalue weighted by Gasteiger charge is 2.30. The molecule has 6 unspecified atom stereocenters. The second-order valence-corrected chi connectivity index (χ2v) is 31.1. The molecule has 0 saturated carbocycles. The fourth-order valence-electron chi connectivity index (χ4n) is 11.3. The molecular formula is C75H146O17P2. The molecule has 0 bridgehead atoms. The predicted octanol–water partition coefficient (Wildman–Crippen LogP) is 21.7. The third-order valence-electron chi connectivity index (χ3n) is 18.4. The van der Waals surface area contributed by atoms with Crippen molar-refractivity contribution in [1.82, 2.24) is 0 Å². The van der Waals surface area contributed by atoms with Crippen molar-refractivity contribution in [1.29, 1.82) is 0 Å². The molecule has 8 atom stereocenters. The van der Waals surface area contributed by atoms with Crippen molar-refractivity contribution in [2.75, 3.05) is 39.6 Å². The van der Waals surface area contributed by atoms with Crippen LogP contribution >= 0.6 is 15.6 Å². The highest BCUT2D eigenvalue weighted by atomic mass is 31.2. The first-order chi connectivity index (χ1) is 45.2. The Morgan fingerprint density at radius 3 is 0.755 bits per heavy atom. The van der Waals surface area contributed by atoms with Crippen LogP contribution in [0.5, 0.6) is 0 Å². The number of unbranched alkanes of at least 4 members (excludes halogenated alkanes) is 35. The Balaban J connectivity index is 5.17. The van der Waals surface area contributed by atoms with Gasteiger partial charge < -0.3 is 33.8 Å². The van der Waals surface area contributed by atoms with Gasteiger partial charge in [-0.1, -0.05) is 325 Å². The Labute approximate surface area is 575 Å². The van der Waals surface area contributed by atoms with E-state index in [-0.39, 0.29) is 25.7 Å². The van der Waals surface area contributed by atoms with Gasteiger partial charge in [-0.2, -0.15) is 0 Å². The molecule has 0 aromatic carbocycles. The predicted molar refractivity (Wildman–Crippen MR) is 381 cm³/mol. The van der Waals surface area contributed by atoms with Crippen LogP contribution in [-0.4, -0.2) is 96.7 Å². The number of esters is 4. The largest absolute Gasteiger partial charge is 0.472 e. The lowest BCUT2D eigenvalue weighted by Gasteiger charge is -2.21. The van der Waals surface area contributed by atoms with E-state index < -0.39 is 97.5 Å². The number of carbonyl (C=O) groups excluding carboxylic acids is 4. The zero-order valence-corrected chi connectivity index (χ0v) is 63.4. The maximum Gasteiger partial charge on any atom is 0.472 e. The van der Waals surface area contributed by atoms with E-state index in [1.54, 1.807) is 0 Å². The molecule has 17 nitrogen and oxygen atoms in total. The SMILES string of the molecule is CCC(C)CCCCCCCCCCCCCCCCCCCCC(=O)O[C@H](COC(=O)CCCCCCCCCC(C)C)COP(=O)(O)OCC(O)COP(=O)(O)OC[C@@H](COC(=O)CCCCCCCCC(C)CC)OC(=O)CCCCCCCCCCC(C)CC. The van der Waals surface area contributed by atoms with Gasteiger partial charge in [0.25, 0.3) is 0 Å². The Morgan fingerprint density at radius 2 is 0.511 bits per heavy atom. The fourth-order valence-corrected chi connectivity index (χ4v) is 12.9. The molecule has 0 rings (SSSR count). The standard InChI is InChI=1S/C75H146O17P2/c1-9-66(6)52-44-36-28-22-20-18-16-14-12-13-15-17-19-21-23-30-41-49-57-74(79)91-70(61-85-72(77)55-47-39-32-26-27-35-43-51-65(4)5)63-89-93(81,82)87-59-69(76)60-88-94(83,84)90-64-71(62-86-73(78)56-48-40-34-33-38-46-54-68(8)11-3)92-75(80)58-50-42-31-25-24-29-37-45-53-67(7)10-2/h65-71,76H,9-64H2,1-8H3,(H,81,82)(H,83,84)/t66?,67?,68?,69?,70-,71-/m1/s1. The summed E-state index contributed by atoms with van der Waals surface area (Å²) >= 11 is 0. The van der Waals surface area contributed by atoms with E-state index in [1.165, 1.54) is 167 Å². The fraction of sp³-hybridized carbons (Fsp3) is 0.947. The van der Waals surface area contributed by atoms with Crippen LogP contribution in [0.4, 0.5) is 0 Å². The van der Waals surface area contributed by atoms with Gasteiger partial charge in [-0.3, -0.25) is 37.3 Å². The molecule has 0 aliphatic rings. The minimum absolute atomic E-state index is 0.104. The van der Waals surface area contributed by atoms with Gasteiger partial charge in [0.1, 0.15) is 19.3 Å². The normalized spacial score (nSPS) is 15.0. The topological polar surface area (TPSA) is 237 Å². The highest BCUT2D eigenvalue weighted by Crippen LogP contribution is 2.45. The summed E-state index contributed by atoms with van der Waals surface area (Å²) in [4.78, 5) is 72.7. The number of hydrogen-bond acceptors (Lipinski definition) is 15. The van der Waals surface area contributed by atoms with Crippen molar-refractivity contribution in [3.05, 3.63) is 0 Å². The molecule has 0 amide bonds. The quantitative estimate of drug-likeness (QED) is 0.0222. The Morgan fingerprint density at radius 1 is 0.298 bits per heavy atom. The van der Waals surface area contributed by atoms with Crippen molar-refractivity contribution >= 4 is 39.5 Å². The molecular weight excluding hydrogens is 1230 g/mol. The van der Waals surface area contributed by atoms with Gasteiger partial charge in [0.2, 0.25) is 0 Å². The minimum atomic E-state index is -4.96. The van der Waals surface area contributed by atoms with E-state index in [0.29, 0.717) is 31.6 Å². The van der Waals surface area contributed by atoms with Crippen LogP contribution in [0.1, 0.15) is 376 Å².